The number of nitrogens with zero attached hydrogens (tertiary/aromatic N) is 4. The first-order valence-corrected chi connectivity index (χ1v) is 16.5. The molecule has 1 saturated heterocycles. The average Bonchev–Trinajstić information content (AvgIpc) is 3.06. The van der Waals surface area contributed by atoms with Gasteiger partial charge in [0.15, 0.2) is 18.3 Å². The lowest BCUT2D eigenvalue weighted by atomic mass is 10.0. The molecule has 272 valence electrons. The number of rotatable bonds is 12. The van der Waals surface area contributed by atoms with Crippen LogP contribution in [0.15, 0.2) is 42.5 Å². The summed E-state index contributed by atoms with van der Waals surface area (Å²) < 4.78 is 26.5. The molecule has 1 amide bonds. The van der Waals surface area contributed by atoms with Crippen LogP contribution < -0.4 is 4.90 Å². The highest BCUT2D eigenvalue weighted by atomic mass is 35.5. The van der Waals surface area contributed by atoms with Gasteiger partial charge in [-0.2, -0.15) is 0 Å². The summed E-state index contributed by atoms with van der Waals surface area (Å²) in [7, 11) is 0. The topological polar surface area (TPSA) is 181 Å². The number of anilines is 1. The fourth-order valence-electron chi connectivity index (χ4n) is 5.59. The van der Waals surface area contributed by atoms with Gasteiger partial charge in [0.25, 0.3) is 5.91 Å². The molecule has 0 spiro atoms. The third-order valence-corrected chi connectivity index (χ3v) is 8.01. The molecule has 2 aromatic carbocycles. The summed E-state index contributed by atoms with van der Waals surface area (Å²) in [5.41, 5.74) is 2.80. The van der Waals surface area contributed by atoms with Crippen molar-refractivity contribution in [1.82, 2.24) is 14.9 Å². The van der Waals surface area contributed by atoms with Gasteiger partial charge >= 0.3 is 29.8 Å². The molecule has 0 bridgehead atoms. The summed E-state index contributed by atoms with van der Waals surface area (Å²) in [5, 5.41) is 1.31. The number of halogens is 2. The third-order valence-electron chi connectivity index (χ3n) is 7.60. The van der Waals surface area contributed by atoms with E-state index in [2.05, 4.69) is 9.97 Å². The number of amides is 1. The van der Waals surface area contributed by atoms with E-state index in [0.29, 0.717) is 34.7 Å². The monoisotopic (exact) mass is 746 g/mol. The van der Waals surface area contributed by atoms with Gasteiger partial charge in [-0.1, -0.05) is 23.7 Å². The Morgan fingerprint density at radius 1 is 0.725 bits per heavy atom. The first kappa shape index (κ1) is 38.8. The van der Waals surface area contributed by atoms with Gasteiger partial charge in [0.05, 0.1) is 11.2 Å². The van der Waals surface area contributed by atoms with E-state index in [4.69, 9.17) is 46.9 Å². The Bertz CT molecular complexity index is 1820. The van der Waals surface area contributed by atoms with E-state index in [1.54, 1.807) is 18.2 Å². The Hall–Kier alpha value is -5.02. The smallest absolute Gasteiger partial charge is 0.303 e. The van der Waals surface area contributed by atoms with Crippen molar-refractivity contribution in [2.24, 2.45) is 0 Å². The first-order valence-electron chi connectivity index (χ1n) is 15.7. The Morgan fingerprint density at radius 3 is 1.96 bits per heavy atom. The van der Waals surface area contributed by atoms with Gasteiger partial charge in [0.2, 0.25) is 11.4 Å². The van der Waals surface area contributed by atoms with Gasteiger partial charge in [0, 0.05) is 82.5 Å². The summed E-state index contributed by atoms with van der Waals surface area (Å²) in [6.07, 6.45) is -6.93. The lowest BCUT2D eigenvalue weighted by molar-refractivity contribution is -0.205. The number of carbonyl (C=O) groups is 6. The maximum absolute atomic E-state index is 14.1. The van der Waals surface area contributed by atoms with Crippen molar-refractivity contribution in [3.05, 3.63) is 52.8 Å². The van der Waals surface area contributed by atoms with Crippen molar-refractivity contribution in [3.63, 3.8) is 0 Å². The zero-order valence-corrected chi connectivity index (χ0v) is 29.9. The van der Waals surface area contributed by atoms with Crippen molar-refractivity contribution < 1.29 is 52.5 Å². The summed E-state index contributed by atoms with van der Waals surface area (Å²) in [4.78, 5) is 86.8. The molecule has 1 fully saturated rings. The standard InChI is InChI=1S/C34H36Cl2N4O11/c1-18(41)47-17-28(48-19(2)42)30(49-20(3)43)31(50-21(4)44)32(51-22(5)45)33(46)40-13-11-39(12-14-40)25-8-6-7-23(15-25)29-26-16-24(35)9-10-27(26)37-34(36)38-29/h6-10,15-16,28,30-32H,11-14,17H2,1-5H3. The van der Waals surface area contributed by atoms with Gasteiger partial charge in [-0.25, -0.2) is 9.97 Å². The van der Waals surface area contributed by atoms with Crippen LogP contribution in [0.2, 0.25) is 10.3 Å². The summed E-state index contributed by atoms with van der Waals surface area (Å²) in [5.74, 6) is -5.14. The Balaban J connectivity index is 1.61. The predicted octanol–water partition coefficient (Wildman–Crippen LogP) is 3.54. The van der Waals surface area contributed by atoms with Gasteiger partial charge in [-0.15, -0.1) is 0 Å². The minimum Gasteiger partial charge on any atom is -0.462 e. The maximum atomic E-state index is 14.1. The molecular formula is C34H36Cl2N4O11. The van der Waals surface area contributed by atoms with Gasteiger partial charge < -0.3 is 33.5 Å². The fourth-order valence-corrected chi connectivity index (χ4v) is 5.94. The molecule has 3 aromatic rings. The highest BCUT2D eigenvalue weighted by molar-refractivity contribution is 6.31. The molecule has 4 rings (SSSR count). The highest BCUT2D eigenvalue weighted by Crippen LogP contribution is 2.32. The second-order valence-electron chi connectivity index (χ2n) is 11.5. The second kappa shape index (κ2) is 17.3. The van der Waals surface area contributed by atoms with E-state index in [-0.39, 0.29) is 18.4 Å². The van der Waals surface area contributed by atoms with E-state index in [0.717, 1.165) is 45.9 Å². The molecule has 0 saturated carbocycles. The Labute approximate surface area is 303 Å². The van der Waals surface area contributed by atoms with Gasteiger partial charge in [0.1, 0.15) is 6.61 Å². The van der Waals surface area contributed by atoms with Crippen LogP contribution in [0, 0.1) is 0 Å². The molecule has 15 nitrogen and oxygen atoms in total. The SMILES string of the molecule is CC(=O)OCC(OC(C)=O)C(OC(C)=O)C(OC(C)=O)C(OC(C)=O)C(=O)N1CCN(c2cccc(-c3nc(Cl)nc4ccc(Cl)cc34)c2)CC1. The van der Waals surface area contributed by atoms with Crippen LogP contribution in [0.25, 0.3) is 22.2 Å². The van der Waals surface area contributed by atoms with Crippen molar-refractivity contribution in [2.75, 3.05) is 37.7 Å². The number of piperazine rings is 1. The molecule has 1 aromatic heterocycles. The largest absolute Gasteiger partial charge is 0.462 e. The number of carbonyl (C=O) groups excluding carboxylic acids is 6. The van der Waals surface area contributed by atoms with Crippen molar-refractivity contribution in [1.29, 1.82) is 0 Å². The number of benzene rings is 2. The second-order valence-corrected chi connectivity index (χ2v) is 12.3. The van der Waals surface area contributed by atoms with Gasteiger partial charge in [-0.3, -0.25) is 28.8 Å². The average molecular weight is 748 g/mol. The van der Waals surface area contributed by atoms with Gasteiger partial charge in [-0.05, 0) is 41.9 Å². The zero-order chi connectivity index (χ0) is 37.4. The number of aromatic nitrogens is 2. The molecule has 0 N–H and O–H groups in total. The Kier molecular flexibility index (Phi) is 13.1. The van der Waals surface area contributed by atoms with Crippen molar-refractivity contribution in [3.8, 4) is 11.3 Å². The lowest BCUT2D eigenvalue weighted by Crippen LogP contribution is -2.59. The number of ether oxygens (including phenoxy) is 5. The van der Waals surface area contributed by atoms with Crippen molar-refractivity contribution >= 4 is 75.5 Å². The third kappa shape index (κ3) is 10.5. The number of esters is 5. The van der Waals surface area contributed by atoms with E-state index in [1.807, 2.05) is 29.2 Å². The van der Waals surface area contributed by atoms with E-state index >= 15 is 0 Å². The van der Waals surface area contributed by atoms with Crippen LogP contribution in [0.1, 0.15) is 34.6 Å². The zero-order valence-electron chi connectivity index (χ0n) is 28.4. The van der Waals surface area contributed by atoms with Crippen LogP contribution in [-0.4, -0.2) is 108 Å². The summed E-state index contributed by atoms with van der Waals surface area (Å²) in [6.45, 7) is 5.59. The Morgan fingerprint density at radius 2 is 1.35 bits per heavy atom. The van der Waals surface area contributed by atoms with Crippen LogP contribution in [0.3, 0.4) is 0 Å². The van der Waals surface area contributed by atoms with Crippen LogP contribution >= 0.6 is 23.2 Å². The minimum absolute atomic E-state index is 0.0771. The van der Waals surface area contributed by atoms with E-state index in [9.17, 15) is 28.8 Å². The minimum atomic E-state index is -1.84. The fraction of sp³-hybridized carbons (Fsp3) is 0.412. The summed E-state index contributed by atoms with van der Waals surface area (Å²) >= 11 is 12.5. The van der Waals surface area contributed by atoms with E-state index < -0.39 is 66.8 Å². The molecule has 51 heavy (non-hydrogen) atoms. The van der Waals surface area contributed by atoms with Crippen LogP contribution in [0.4, 0.5) is 5.69 Å². The molecule has 0 aliphatic carbocycles. The number of hydrogen-bond donors (Lipinski definition) is 0. The van der Waals surface area contributed by atoms with Crippen LogP contribution in [-0.2, 0) is 52.5 Å². The summed E-state index contributed by atoms with van der Waals surface area (Å²) in [6, 6.07) is 12.8. The molecule has 1 aliphatic rings. The van der Waals surface area contributed by atoms with E-state index in [1.165, 1.54) is 4.90 Å². The molecule has 4 atom stereocenters. The molecule has 0 radical (unpaired) electrons. The number of fused-ring (bicyclic) bond motifs is 1. The van der Waals surface area contributed by atoms with Crippen molar-refractivity contribution in [2.45, 2.75) is 59.0 Å². The molecule has 17 heteroatoms. The first-order chi connectivity index (χ1) is 24.1. The van der Waals surface area contributed by atoms with Crippen LogP contribution in [0.5, 0.6) is 0 Å². The number of hydrogen-bond acceptors (Lipinski definition) is 14. The molecule has 4 unspecified atom stereocenters. The lowest BCUT2D eigenvalue weighted by Gasteiger charge is -2.40. The molecule has 2 heterocycles. The molecular weight excluding hydrogens is 711 g/mol. The predicted molar refractivity (Wildman–Crippen MR) is 183 cm³/mol. The maximum Gasteiger partial charge on any atom is 0.303 e. The normalized spacial score (nSPS) is 15.2. The highest BCUT2D eigenvalue weighted by Gasteiger charge is 2.48. The quantitative estimate of drug-likeness (QED) is 0.149. The molecule has 1 aliphatic heterocycles.